The van der Waals surface area contributed by atoms with Crippen molar-refractivity contribution in [1.82, 2.24) is 5.32 Å². The average molecular weight is 430 g/mol. The molecule has 0 spiro atoms. The highest BCUT2D eigenvalue weighted by Crippen LogP contribution is 2.36. The lowest BCUT2D eigenvalue weighted by atomic mass is 9.92. The van der Waals surface area contributed by atoms with Gasteiger partial charge < -0.3 is 19.5 Å². The summed E-state index contributed by atoms with van der Waals surface area (Å²) in [5.41, 5.74) is 7.31. The lowest BCUT2D eigenvalue weighted by Crippen LogP contribution is -2.28. The third kappa shape index (κ3) is 4.81. The zero-order valence-corrected chi connectivity index (χ0v) is 19.3. The number of aryl methyl sites for hydroxylation is 2. The molecular formula is C28H31NO3. The van der Waals surface area contributed by atoms with Crippen molar-refractivity contribution >= 4 is 6.08 Å². The molecule has 0 fully saturated rings. The molecule has 0 bridgehead atoms. The molecule has 32 heavy (non-hydrogen) atoms. The van der Waals surface area contributed by atoms with Crippen molar-refractivity contribution in [2.45, 2.75) is 32.9 Å². The number of nitrogens with one attached hydrogen (secondary N) is 1. The quantitative estimate of drug-likeness (QED) is 0.515. The van der Waals surface area contributed by atoms with E-state index in [9.17, 15) is 0 Å². The number of benzene rings is 3. The van der Waals surface area contributed by atoms with Gasteiger partial charge in [-0.15, -0.1) is 0 Å². The fraction of sp³-hybridized carbons (Fsp3) is 0.286. The van der Waals surface area contributed by atoms with Gasteiger partial charge >= 0.3 is 0 Å². The number of hydrogen-bond donors (Lipinski definition) is 1. The van der Waals surface area contributed by atoms with E-state index in [0.717, 1.165) is 35.8 Å². The van der Waals surface area contributed by atoms with Crippen LogP contribution < -0.4 is 19.5 Å². The van der Waals surface area contributed by atoms with Crippen LogP contribution in [0.25, 0.3) is 6.08 Å². The van der Waals surface area contributed by atoms with E-state index in [1.54, 1.807) is 14.2 Å². The summed E-state index contributed by atoms with van der Waals surface area (Å²) in [4.78, 5) is 0. The molecule has 1 unspecified atom stereocenters. The maximum Gasteiger partial charge on any atom is 0.161 e. The van der Waals surface area contributed by atoms with Crippen LogP contribution in [0.15, 0.2) is 60.7 Å². The van der Waals surface area contributed by atoms with Crippen LogP contribution in [0.3, 0.4) is 0 Å². The van der Waals surface area contributed by atoms with Gasteiger partial charge in [-0.1, -0.05) is 42.5 Å². The molecule has 1 heterocycles. The molecule has 3 aromatic rings. The van der Waals surface area contributed by atoms with Gasteiger partial charge in [0.25, 0.3) is 0 Å². The van der Waals surface area contributed by atoms with Crippen LogP contribution in [0.1, 0.15) is 39.4 Å². The van der Waals surface area contributed by atoms with Crippen LogP contribution in [0.4, 0.5) is 0 Å². The molecular weight excluding hydrogens is 398 g/mol. The van der Waals surface area contributed by atoms with Gasteiger partial charge in [-0.25, -0.2) is 0 Å². The van der Waals surface area contributed by atoms with E-state index in [2.05, 4.69) is 67.7 Å². The molecule has 1 aliphatic rings. The average Bonchev–Trinajstić information content (AvgIpc) is 2.82. The van der Waals surface area contributed by atoms with E-state index in [-0.39, 0.29) is 6.04 Å². The lowest BCUT2D eigenvalue weighted by Gasteiger charge is -2.26. The van der Waals surface area contributed by atoms with E-state index in [1.165, 1.54) is 27.8 Å². The first-order valence-corrected chi connectivity index (χ1v) is 11.0. The molecule has 1 atom stereocenters. The van der Waals surface area contributed by atoms with Gasteiger partial charge in [0.05, 0.1) is 20.3 Å². The summed E-state index contributed by atoms with van der Waals surface area (Å²) in [7, 11) is 3.40. The van der Waals surface area contributed by atoms with Crippen LogP contribution >= 0.6 is 0 Å². The Hall–Kier alpha value is -3.24. The van der Waals surface area contributed by atoms with Gasteiger partial charge in [0.15, 0.2) is 11.5 Å². The van der Waals surface area contributed by atoms with E-state index in [1.807, 2.05) is 18.2 Å². The van der Waals surface area contributed by atoms with Crippen LogP contribution in [0, 0.1) is 13.8 Å². The second-order valence-electron chi connectivity index (χ2n) is 8.19. The molecule has 0 saturated heterocycles. The van der Waals surface area contributed by atoms with Crippen molar-refractivity contribution in [3.8, 4) is 17.2 Å². The smallest absolute Gasteiger partial charge is 0.161 e. The predicted octanol–water partition coefficient (Wildman–Crippen LogP) is 5.80. The van der Waals surface area contributed by atoms with Crippen molar-refractivity contribution in [2.24, 2.45) is 0 Å². The maximum atomic E-state index is 6.12. The van der Waals surface area contributed by atoms with Gasteiger partial charge in [0, 0.05) is 6.54 Å². The first kappa shape index (κ1) is 22.0. The molecule has 1 N–H and O–H groups in total. The van der Waals surface area contributed by atoms with Crippen molar-refractivity contribution < 1.29 is 14.2 Å². The summed E-state index contributed by atoms with van der Waals surface area (Å²) < 4.78 is 17.2. The van der Waals surface area contributed by atoms with E-state index >= 15 is 0 Å². The van der Waals surface area contributed by atoms with Crippen LogP contribution in [0.5, 0.6) is 17.2 Å². The number of ether oxygens (including phenoxy) is 3. The molecule has 3 aromatic carbocycles. The second kappa shape index (κ2) is 9.92. The van der Waals surface area contributed by atoms with Crippen LogP contribution in [-0.4, -0.2) is 20.8 Å². The summed E-state index contributed by atoms with van der Waals surface area (Å²) in [6.45, 7) is 5.69. The SMILES string of the molecule is COc1cc(C)c(/C=C/C2NCCc3cc(OCc4ccccc4)c(OC)cc32)c(C)c1. The van der Waals surface area contributed by atoms with E-state index < -0.39 is 0 Å². The van der Waals surface area contributed by atoms with Gasteiger partial charge in [-0.05, 0) is 77.9 Å². The van der Waals surface area contributed by atoms with Crippen molar-refractivity contribution in [3.05, 3.63) is 94.1 Å². The molecule has 0 saturated carbocycles. The molecule has 4 rings (SSSR count). The Labute approximate surface area is 190 Å². The van der Waals surface area contributed by atoms with Gasteiger partial charge in [0.2, 0.25) is 0 Å². The van der Waals surface area contributed by atoms with Crippen LogP contribution in [-0.2, 0) is 13.0 Å². The Morgan fingerprint density at radius 1 is 0.938 bits per heavy atom. The normalized spacial score (nSPS) is 15.4. The molecule has 0 aromatic heterocycles. The van der Waals surface area contributed by atoms with E-state index in [4.69, 9.17) is 14.2 Å². The van der Waals surface area contributed by atoms with Gasteiger partial charge in [-0.2, -0.15) is 0 Å². The Balaban J connectivity index is 1.59. The molecule has 4 nitrogen and oxygen atoms in total. The zero-order chi connectivity index (χ0) is 22.5. The molecule has 0 radical (unpaired) electrons. The van der Waals surface area contributed by atoms with Gasteiger partial charge in [-0.3, -0.25) is 0 Å². The highest BCUT2D eigenvalue weighted by molar-refractivity contribution is 5.61. The topological polar surface area (TPSA) is 39.7 Å². The number of rotatable bonds is 7. The maximum absolute atomic E-state index is 6.12. The highest BCUT2D eigenvalue weighted by Gasteiger charge is 2.21. The molecule has 0 amide bonds. The van der Waals surface area contributed by atoms with Crippen molar-refractivity contribution in [2.75, 3.05) is 20.8 Å². The highest BCUT2D eigenvalue weighted by atomic mass is 16.5. The lowest BCUT2D eigenvalue weighted by molar-refractivity contribution is 0.283. The molecule has 0 aliphatic carbocycles. The first-order chi connectivity index (χ1) is 15.6. The van der Waals surface area contributed by atoms with Crippen LogP contribution in [0.2, 0.25) is 0 Å². The molecule has 4 heteroatoms. The fourth-order valence-electron chi connectivity index (χ4n) is 4.28. The predicted molar refractivity (Wildman–Crippen MR) is 130 cm³/mol. The first-order valence-electron chi connectivity index (χ1n) is 11.0. The van der Waals surface area contributed by atoms with Gasteiger partial charge in [0.1, 0.15) is 12.4 Å². The Morgan fingerprint density at radius 2 is 1.69 bits per heavy atom. The standard InChI is InChI=1S/C28H31NO3/c1-19-14-23(30-3)15-20(2)24(19)10-11-26-25-17-27(31-4)28(16-22(25)12-13-29-26)32-18-21-8-6-5-7-9-21/h5-11,14-17,26,29H,12-13,18H2,1-4H3/b11-10+. The minimum atomic E-state index is 0.122. The van der Waals surface area contributed by atoms with Crippen molar-refractivity contribution in [1.29, 1.82) is 0 Å². The number of methoxy groups -OCH3 is 2. The summed E-state index contributed by atoms with van der Waals surface area (Å²) in [6, 6.07) is 18.7. The second-order valence-corrected chi connectivity index (χ2v) is 8.19. The minimum absolute atomic E-state index is 0.122. The molecule has 1 aliphatic heterocycles. The minimum Gasteiger partial charge on any atom is -0.497 e. The van der Waals surface area contributed by atoms with E-state index in [0.29, 0.717) is 6.61 Å². The Morgan fingerprint density at radius 3 is 2.38 bits per heavy atom. The van der Waals surface area contributed by atoms with Crippen molar-refractivity contribution in [3.63, 3.8) is 0 Å². The Bertz CT molecular complexity index is 1080. The third-order valence-corrected chi connectivity index (χ3v) is 6.01. The fourth-order valence-corrected chi connectivity index (χ4v) is 4.28. The third-order valence-electron chi connectivity index (χ3n) is 6.01. The summed E-state index contributed by atoms with van der Waals surface area (Å²) >= 11 is 0. The number of hydrogen-bond acceptors (Lipinski definition) is 4. The largest absolute Gasteiger partial charge is 0.497 e. The monoisotopic (exact) mass is 429 g/mol. The Kier molecular flexibility index (Phi) is 6.81. The molecule has 166 valence electrons. The number of fused-ring (bicyclic) bond motifs is 1. The summed E-state index contributed by atoms with van der Waals surface area (Å²) in [6.07, 6.45) is 5.42. The zero-order valence-electron chi connectivity index (χ0n) is 19.3. The summed E-state index contributed by atoms with van der Waals surface area (Å²) in [5, 5.41) is 3.63. The summed E-state index contributed by atoms with van der Waals surface area (Å²) in [5.74, 6) is 2.45.